The Hall–Kier alpha value is -2.52. The van der Waals surface area contributed by atoms with E-state index in [4.69, 9.17) is 19.0 Å². The summed E-state index contributed by atoms with van der Waals surface area (Å²) in [5.41, 5.74) is 0.942. The van der Waals surface area contributed by atoms with Crippen molar-refractivity contribution in [2.75, 3.05) is 20.8 Å². The van der Waals surface area contributed by atoms with E-state index in [2.05, 4.69) is 5.32 Å². The predicted molar refractivity (Wildman–Crippen MR) is 85.7 cm³/mol. The normalized spacial score (nSPS) is 11.1. The number of nitrogens with one attached hydrogen (secondary N) is 1. The fourth-order valence-electron chi connectivity index (χ4n) is 2.04. The van der Waals surface area contributed by atoms with Crippen molar-refractivity contribution in [1.82, 2.24) is 5.32 Å². The summed E-state index contributed by atoms with van der Waals surface area (Å²) in [5.74, 6) is 0.582. The van der Waals surface area contributed by atoms with E-state index in [1.54, 1.807) is 20.3 Å². The van der Waals surface area contributed by atoms with Crippen LogP contribution in [0.15, 0.2) is 39.8 Å². The van der Waals surface area contributed by atoms with Crippen LogP contribution in [-0.4, -0.2) is 35.1 Å². The molecule has 0 saturated carbocycles. The first-order valence-corrected chi connectivity index (χ1v) is 8.51. The Morgan fingerprint density at radius 1 is 1.17 bits per heavy atom. The number of sulfonamides is 1. The Morgan fingerprint density at radius 2 is 1.88 bits per heavy atom. The molecule has 1 aromatic carbocycles. The number of amides is 1. The average molecular weight is 354 g/mol. The molecule has 3 N–H and O–H groups in total. The molecule has 2 aromatic rings. The Bertz CT molecular complexity index is 828. The SMILES string of the molecule is COc1ccc(CCNC(=O)c2ccc(S(N)(=O)=O)o2)cc1OC. The highest BCUT2D eigenvalue weighted by Gasteiger charge is 2.17. The van der Waals surface area contributed by atoms with Gasteiger partial charge in [-0.1, -0.05) is 6.07 Å². The molecule has 9 heteroatoms. The van der Waals surface area contributed by atoms with Crippen LogP contribution in [0, 0.1) is 0 Å². The van der Waals surface area contributed by atoms with E-state index in [9.17, 15) is 13.2 Å². The largest absolute Gasteiger partial charge is 0.493 e. The van der Waals surface area contributed by atoms with Gasteiger partial charge >= 0.3 is 0 Å². The van der Waals surface area contributed by atoms with Crippen LogP contribution in [0.25, 0.3) is 0 Å². The van der Waals surface area contributed by atoms with Crippen LogP contribution in [0.4, 0.5) is 0 Å². The lowest BCUT2D eigenvalue weighted by Gasteiger charge is -2.09. The second kappa shape index (κ2) is 7.37. The van der Waals surface area contributed by atoms with Gasteiger partial charge < -0.3 is 19.2 Å². The summed E-state index contributed by atoms with van der Waals surface area (Å²) in [6.45, 7) is 0.333. The van der Waals surface area contributed by atoms with Crippen molar-refractivity contribution in [2.24, 2.45) is 5.14 Å². The van der Waals surface area contributed by atoms with Gasteiger partial charge in [0, 0.05) is 6.54 Å². The Balaban J connectivity index is 1.94. The minimum atomic E-state index is -3.97. The third kappa shape index (κ3) is 4.27. The predicted octanol–water partition coefficient (Wildman–Crippen LogP) is 0.917. The van der Waals surface area contributed by atoms with E-state index in [1.165, 1.54) is 6.07 Å². The summed E-state index contributed by atoms with van der Waals surface area (Å²) < 4.78 is 37.5. The molecule has 0 aliphatic heterocycles. The molecule has 1 heterocycles. The molecule has 24 heavy (non-hydrogen) atoms. The molecule has 0 radical (unpaired) electrons. The van der Waals surface area contributed by atoms with Gasteiger partial charge in [-0.05, 0) is 36.2 Å². The summed E-state index contributed by atoms with van der Waals surface area (Å²) in [5, 5.41) is 7.11. The van der Waals surface area contributed by atoms with Crippen LogP contribution in [0.2, 0.25) is 0 Å². The molecular formula is C15H18N2O6S. The number of ether oxygens (including phenoxy) is 2. The third-order valence-electron chi connectivity index (χ3n) is 3.23. The molecular weight excluding hydrogens is 336 g/mol. The molecule has 0 aliphatic rings. The number of rotatable bonds is 7. The van der Waals surface area contributed by atoms with E-state index in [-0.39, 0.29) is 5.76 Å². The molecule has 1 aromatic heterocycles. The number of hydrogen-bond donors (Lipinski definition) is 2. The minimum Gasteiger partial charge on any atom is -0.493 e. The van der Waals surface area contributed by atoms with Gasteiger partial charge in [0.05, 0.1) is 14.2 Å². The summed E-state index contributed by atoms with van der Waals surface area (Å²) in [6, 6.07) is 7.85. The molecule has 0 bridgehead atoms. The Kier molecular flexibility index (Phi) is 5.47. The molecule has 0 fully saturated rings. The number of methoxy groups -OCH3 is 2. The van der Waals surface area contributed by atoms with E-state index < -0.39 is 21.0 Å². The topological polar surface area (TPSA) is 121 Å². The summed E-state index contributed by atoms with van der Waals surface area (Å²) in [4.78, 5) is 11.9. The maximum absolute atomic E-state index is 11.9. The Morgan fingerprint density at radius 3 is 2.46 bits per heavy atom. The zero-order valence-electron chi connectivity index (χ0n) is 13.2. The highest BCUT2D eigenvalue weighted by atomic mass is 32.2. The van der Waals surface area contributed by atoms with Gasteiger partial charge in [0.1, 0.15) is 0 Å². The summed E-state index contributed by atoms with van der Waals surface area (Å²) >= 11 is 0. The van der Waals surface area contributed by atoms with Crippen molar-refractivity contribution >= 4 is 15.9 Å². The monoisotopic (exact) mass is 354 g/mol. The highest BCUT2D eigenvalue weighted by Crippen LogP contribution is 2.27. The van der Waals surface area contributed by atoms with Gasteiger partial charge in [-0.3, -0.25) is 4.79 Å². The van der Waals surface area contributed by atoms with Crippen LogP contribution in [-0.2, 0) is 16.4 Å². The molecule has 0 spiro atoms. The van der Waals surface area contributed by atoms with E-state index >= 15 is 0 Å². The lowest BCUT2D eigenvalue weighted by molar-refractivity contribution is 0.0921. The van der Waals surface area contributed by atoms with Gasteiger partial charge in [-0.15, -0.1) is 0 Å². The molecule has 0 aliphatic carbocycles. The molecule has 0 saturated heterocycles. The zero-order chi connectivity index (χ0) is 17.7. The first kappa shape index (κ1) is 17.8. The third-order valence-corrected chi connectivity index (χ3v) is 4.01. The van der Waals surface area contributed by atoms with Gasteiger partial charge in [-0.2, -0.15) is 0 Å². The van der Waals surface area contributed by atoms with Crippen molar-refractivity contribution in [3.8, 4) is 11.5 Å². The smallest absolute Gasteiger partial charge is 0.287 e. The first-order valence-electron chi connectivity index (χ1n) is 6.97. The van der Waals surface area contributed by atoms with E-state index in [1.807, 2.05) is 12.1 Å². The van der Waals surface area contributed by atoms with Gasteiger partial charge in [-0.25, -0.2) is 13.6 Å². The number of benzene rings is 1. The fraction of sp³-hybridized carbons (Fsp3) is 0.267. The van der Waals surface area contributed by atoms with Crippen LogP contribution in [0.5, 0.6) is 11.5 Å². The minimum absolute atomic E-state index is 0.119. The molecule has 0 atom stereocenters. The number of primary sulfonamides is 1. The molecule has 0 unspecified atom stereocenters. The number of furan rings is 1. The summed E-state index contributed by atoms with van der Waals surface area (Å²) in [7, 11) is -0.868. The van der Waals surface area contributed by atoms with Crippen molar-refractivity contribution < 1.29 is 27.1 Å². The van der Waals surface area contributed by atoms with Gasteiger partial charge in [0.2, 0.25) is 5.09 Å². The van der Waals surface area contributed by atoms with E-state index in [0.29, 0.717) is 24.5 Å². The maximum Gasteiger partial charge on any atom is 0.287 e. The van der Waals surface area contributed by atoms with Crippen molar-refractivity contribution in [2.45, 2.75) is 11.5 Å². The number of hydrogen-bond acceptors (Lipinski definition) is 6. The standard InChI is InChI=1S/C15H18N2O6S/c1-21-11-4-3-10(9-13(11)22-2)7-8-17-15(18)12-5-6-14(23-12)24(16,19)20/h3-6,9H,7-8H2,1-2H3,(H,17,18)(H2,16,19,20). The highest BCUT2D eigenvalue weighted by molar-refractivity contribution is 7.89. The number of nitrogens with two attached hydrogens (primary N) is 1. The molecule has 8 nitrogen and oxygen atoms in total. The van der Waals surface area contributed by atoms with Crippen LogP contribution >= 0.6 is 0 Å². The first-order chi connectivity index (χ1) is 11.3. The molecule has 130 valence electrons. The maximum atomic E-state index is 11.9. The molecule has 1 amide bonds. The second-order valence-corrected chi connectivity index (χ2v) is 6.35. The molecule has 2 rings (SSSR count). The van der Waals surface area contributed by atoms with E-state index in [0.717, 1.165) is 11.6 Å². The van der Waals surface area contributed by atoms with Crippen LogP contribution < -0.4 is 19.9 Å². The lowest BCUT2D eigenvalue weighted by atomic mass is 10.1. The Labute approximate surface area is 139 Å². The van der Waals surface area contributed by atoms with Crippen molar-refractivity contribution in [1.29, 1.82) is 0 Å². The van der Waals surface area contributed by atoms with Crippen molar-refractivity contribution in [3.05, 3.63) is 41.7 Å². The number of carbonyl (C=O) groups is 1. The second-order valence-electron chi connectivity index (χ2n) is 4.86. The quantitative estimate of drug-likeness (QED) is 0.762. The fourth-order valence-corrected chi connectivity index (χ4v) is 2.50. The van der Waals surface area contributed by atoms with Crippen molar-refractivity contribution in [3.63, 3.8) is 0 Å². The lowest BCUT2D eigenvalue weighted by Crippen LogP contribution is -2.25. The van der Waals surface area contributed by atoms with Crippen LogP contribution in [0.3, 0.4) is 0 Å². The average Bonchev–Trinajstić information content (AvgIpc) is 3.05. The number of carbonyl (C=O) groups excluding carboxylic acids is 1. The van der Waals surface area contributed by atoms with Gasteiger partial charge in [0.15, 0.2) is 17.3 Å². The van der Waals surface area contributed by atoms with Crippen LogP contribution in [0.1, 0.15) is 16.1 Å². The zero-order valence-corrected chi connectivity index (χ0v) is 14.1. The van der Waals surface area contributed by atoms with Gasteiger partial charge in [0.25, 0.3) is 15.9 Å². The summed E-state index contributed by atoms with van der Waals surface area (Å²) in [6.07, 6.45) is 0.550.